The smallest absolute Gasteiger partial charge is 0.450 e. The van der Waals surface area contributed by atoms with Crippen LogP contribution >= 0.6 is 0 Å². The molecule has 1 N–H and O–H groups in total. The van der Waals surface area contributed by atoms with Crippen LogP contribution in [0.5, 0.6) is 5.75 Å². The highest BCUT2D eigenvalue weighted by atomic mass is 19.4. The third-order valence-electron chi connectivity index (χ3n) is 2.66. The van der Waals surface area contributed by atoms with Crippen LogP contribution in [0.1, 0.15) is 11.7 Å². The summed E-state index contributed by atoms with van der Waals surface area (Å²) in [6.45, 7) is 0. The van der Waals surface area contributed by atoms with Crippen LogP contribution in [0.15, 0.2) is 29.5 Å². The summed E-state index contributed by atoms with van der Waals surface area (Å²) in [5.41, 5.74) is -1.39. The third-order valence-corrected chi connectivity index (χ3v) is 2.66. The van der Waals surface area contributed by atoms with E-state index < -0.39 is 35.4 Å². The molecule has 108 valence electrons. The number of esters is 1. The lowest BCUT2D eigenvalue weighted by atomic mass is 9.96. The second kappa shape index (κ2) is 4.78. The number of ether oxygens (including phenoxy) is 2. The third kappa shape index (κ3) is 2.34. The monoisotopic (exact) mass is 292 g/mol. The molecular weight excluding hydrogens is 284 g/mol. The molecule has 8 heteroatoms. The van der Waals surface area contributed by atoms with E-state index in [0.717, 1.165) is 25.3 Å². The van der Waals surface area contributed by atoms with Crippen molar-refractivity contribution in [3.63, 3.8) is 0 Å². The van der Waals surface area contributed by atoms with Crippen molar-refractivity contribution in [2.45, 2.75) is 12.3 Å². The number of allylic oxidation sites excluding steroid dienone is 1. The van der Waals surface area contributed by atoms with E-state index in [9.17, 15) is 27.5 Å². The van der Waals surface area contributed by atoms with Crippen LogP contribution in [0, 0.1) is 5.82 Å². The zero-order chi connectivity index (χ0) is 15.1. The van der Waals surface area contributed by atoms with Crippen molar-refractivity contribution in [1.29, 1.82) is 0 Å². The molecule has 1 aromatic rings. The molecule has 1 aliphatic rings. The average molecular weight is 292 g/mol. The van der Waals surface area contributed by atoms with Crippen LogP contribution in [-0.2, 0) is 9.53 Å². The first kappa shape index (κ1) is 14.3. The number of fused-ring (bicyclic) bond motifs is 1. The molecule has 0 aliphatic carbocycles. The maximum Gasteiger partial charge on any atom is 0.450 e. The number of halogens is 4. The van der Waals surface area contributed by atoms with E-state index in [1.54, 1.807) is 0 Å². The Morgan fingerprint density at radius 1 is 1.40 bits per heavy atom. The fourth-order valence-electron chi connectivity index (χ4n) is 1.80. The maximum absolute atomic E-state index is 13.1. The Kier molecular flexibility index (Phi) is 3.43. The number of aliphatic hydroxyl groups is 1. The number of benzene rings is 1. The first-order chi connectivity index (χ1) is 9.25. The fourth-order valence-corrected chi connectivity index (χ4v) is 1.80. The van der Waals surface area contributed by atoms with Crippen molar-refractivity contribution < 1.29 is 36.9 Å². The van der Waals surface area contributed by atoms with Gasteiger partial charge in [-0.3, -0.25) is 0 Å². The number of hydrogen-bond acceptors (Lipinski definition) is 4. The second-order valence-corrected chi connectivity index (χ2v) is 3.92. The molecule has 0 fully saturated rings. The van der Waals surface area contributed by atoms with Gasteiger partial charge in [-0.2, -0.15) is 13.2 Å². The van der Waals surface area contributed by atoms with Crippen LogP contribution in [0.3, 0.4) is 0 Å². The molecule has 2 rings (SSSR count). The van der Waals surface area contributed by atoms with Crippen LogP contribution < -0.4 is 4.74 Å². The molecule has 0 saturated carbocycles. The van der Waals surface area contributed by atoms with Gasteiger partial charge in [-0.15, -0.1) is 0 Å². The standard InChI is InChI=1S/C12H8F4O4/c1-19-11(18)8-9(17)6-4-5(13)2-3-7(6)20-10(8)12(14,15)16/h2-4,9,17H,1H3. The summed E-state index contributed by atoms with van der Waals surface area (Å²) in [7, 11) is 0.858. The number of carbonyl (C=O) groups excluding carboxylic acids is 1. The molecule has 1 unspecified atom stereocenters. The average Bonchev–Trinajstić information content (AvgIpc) is 2.37. The van der Waals surface area contributed by atoms with Crippen molar-refractivity contribution in [2.24, 2.45) is 0 Å². The van der Waals surface area contributed by atoms with E-state index in [4.69, 9.17) is 0 Å². The normalized spacial score (nSPS) is 18.4. The van der Waals surface area contributed by atoms with Crippen LogP contribution in [0.2, 0.25) is 0 Å². The molecule has 1 aromatic carbocycles. The SMILES string of the molecule is COC(=O)C1=C(C(F)(F)F)Oc2ccc(F)cc2C1O. The highest BCUT2D eigenvalue weighted by molar-refractivity contribution is 5.91. The van der Waals surface area contributed by atoms with E-state index in [0.29, 0.717) is 0 Å². The maximum atomic E-state index is 13.1. The largest absolute Gasteiger partial charge is 0.465 e. The van der Waals surface area contributed by atoms with Crippen molar-refractivity contribution in [3.8, 4) is 5.75 Å². The number of rotatable bonds is 1. The van der Waals surface area contributed by atoms with E-state index in [1.165, 1.54) is 0 Å². The lowest BCUT2D eigenvalue weighted by Gasteiger charge is -2.27. The fraction of sp³-hybridized carbons (Fsp3) is 0.250. The van der Waals surface area contributed by atoms with Crippen molar-refractivity contribution in [2.75, 3.05) is 7.11 Å². The summed E-state index contributed by atoms with van der Waals surface area (Å²) < 4.78 is 60.4. The molecule has 0 spiro atoms. The minimum Gasteiger partial charge on any atom is -0.465 e. The van der Waals surface area contributed by atoms with Gasteiger partial charge in [0, 0.05) is 5.56 Å². The summed E-state index contributed by atoms with van der Waals surface area (Å²) in [5, 5.41) is 9.88. The second-order valence-electron chi connectivity index (χ2n) is 3.92. The molecule has 1 atom stereocenters. The Balaban J connectivity index is 2.62. The van der Waals surface area contributed by atoms with Gasteiger partial charge in [0.1, 0.15) is 23.2 Å². The van der Waals surface area contributed by atoms with E-state index in [2.05, 4.69) is 9.47 Å². The Hall–Kier alpha value is -2.09. The zero-order valence-corrected chi connectivity index (χ0v) is 9.99. The number of methoxy groups -OCH3 is 1. The zero-order valence-electron chi connectivity index (χ0n) is 9.99. The van der Waals surface area contributed by atoms with Gasteiger partial charge in [0.15, 0.2) is 0 Å². The molecule has 0 saturated heterocycles. The highest BCUT2D eigenvalue weighted by Crippen LogP contribution is 2.43. The number of aliphatic hydroxyl groups excluding tert-OH is 1. The van der Waals surface area contributed by atoms with Crippen molar-refractivity contribution in [1.82, 2.24) is 0 Å². The Labute approximate surface area is 110 Å². The molecule has 4 nitrogen and oxygen atoms in total. The Bertz CT molecular complexity index is 592. The first-order valence-corrected chi connectivity index (χ1v) is 5.30. The van der Waals surface area contributed by atoms with Gasteiger partial charge in [0.05, 0.1) is 7.11 Å². The van der Waals surface area contributed by atoms with Crippen LogP contribution in [-0.4, -0.2) is 24.4 Å². The minimum absolute atomic E-state index is 0.279. The molecule has 0 aromatic heterocycles. The topological polar surface area (TPSA) is 55.8 Å². The molecular formula is C12H8F4O4. The van der Waals surface area contributed by atoms with Gasteiger partial charge in [-0.05, 0) is 18.2 Å². The highest BCUT2D eigenvalue weighted by Gasteiger charge is 2.47. The quantitative estimate of drug-likeness (QED) is 0.637. The molecule has 1 aliphatic heterocycles. The first-order valence-electron chi connectivity index (χ1n) is 5.30. The Morgan fingerprint density at radius 3 is 2.60 bits per heavy atom. The lowest BCUT2D eigenvalue weighted by Crippen LogP contribution is -2.30. The predicted molar refractivity (Wildman–Crippen MR) is 57.1 cm³/mol. The van der Waals surface area contributed by atoms with E-state index >= 15 is 0 Å². The van der Waals surface area contributed by atoms with Gasteiger partial charge in [0.2, 0.25) is 5.76 Å². The number of carbonyl (C=O) groups is 1. The number of hydrogen-bond donors (Lipinski definition) is 1. The van der Waals surface area contributed by atoms with E-state index in [-0.39, 0.29) is 11.3 Å². The van der Waals surface area contributed by atoms with Crippen molar-refractivity contribution >= 4 is 5.97 Å². The summed E-state index contributed by atoms with van der Waals surface area (Å²) >= 11 is 0. The molecule has 0 amide bonds. The minimum atomic E-state index is -5.00. The van der Waals surface area contributed by atoms with Crippen LogP contribution in [0.4, 0.5) is 17.6 Å². The molecule has 0 radical (unpaired) electrons. The predicted octanol–water partition coefficient (Wildman–Crippen LogP) is 2.24. The van der Waals surface area contributed by atoms with Gasteiger partial charge >= 0.3 is 12.1 Å². The lowest BCUT2D eigenvalue weighted by molar-refractivity contribution is -0.142. The van der Waals surface area contributed by atoms with Crippen LogP contribution in [0.25, 0.3) is 0 Å². The summed E-state index contributed by atoms with van der Waals surface area (Å²) in [6.07, 6.45) is -6.99. The van der Waals surface area contributed by atoms with E-state index in [1.807, 2.05) is 0 Å². The van der Waals surface area contributed by atoms with Gasteiger partial charge in [0.25, 0.3) is 0 Å². The molecule has 0 bridgehead atoms. The molecule has 20 heavy (non-hydrogen) atoms. The van der Waals surface area contributed by atoms with Gasteiger partial charge < -0.3 is 14.6 Å². The van der Waals surface area contributed by atoms with Gasteiger partial charge in [-0.25, -0.2) is 9.18 Å². The molecule has 1 heterocycles. The van der Waals surface area contributed by atoms with Crippen molar-refractivity contribution in [3.05, 3.63) is 40.9 Å². The Morgan fingerprint density at radius 2 is 2.05 bits per heavy atom. The van der Waals surface area contributed by atoms with Gasteiger partial charge in [-0.1, -0.05) is 0 Å². The summed E-state index contributed by atoms with van der Waals surface area (Å²) in [4.78, 5) is 11.4. The summed E-state index contributed by atoms with van der Waals surface area (Å²) in [5.74, 6) is -4.24. The number of alkyl halides is 3. The summed E-state index contributed by atoms with van der Waals surface area (Å²) in [6, 6.07) is 2.60.